The van der Waals surface area contributed by atoms with E-state index in [0.717, 1.165) is 11.4 Å². The fourth-order valence-corrected chi connectivity index (χ4v) is 2.67. The summed E-state index contributed by atoms with van der Waals surface area (Å²) in [5, 5.41) is 3.13. The Morgan fingerprint density at radius 2 is 1.70 bits per heavy atom. The molecule has 1 heterocycles. The molecule has 0 unspecified atom stereocenters. The number of carbonyl (C=O) groups is 2. The molecule has 6 heteroatoms. The minimum Gasteiger partial charge on any atom is -0.340 e. The van der Waals surface area contributed by atoms with Gasteiger partial charge in [0.2, 0.25) is 0 Å². The van der Waals surface area contributed by atoms with Crippen LogP contribution >= 0.6 is 0 Å². The SMILES string of the molecule is CCN(C(=O)c1cc(Nc2ccc(C(C)=O)cc2)ncn1)c1ccccc1. The number of carbonyl (C=O) groups excluding carboxylic acids is 2. The van der Waals surface area contributed by atoms with Crippen LogP contribution in [0.3, 0.4) is 0 Å². The lowest BCUT2D eigenvalue weighted by Crippen LogP contribution is -2.31. The summed E-state index contributed by atoms with van der Waals surface area (Å²) in [4.78, 5) is 34.2. The molecule has 1 amide bonds. The lowest BCUT2D eigenvalue weighted by Gasteiger charge is -2.20. The highest BCUT2D eigenvalue weighted by Crippen LogP contribution is 2.19. The highest BCUT2D eigenvalue weighted by atomic mass is 16.2. The van der Waals surface area contributed by atoms with Crippen molar-refractivity contribution in [2.24, 2.45) is 0 Å². The molecular formula is C21H20N4O2. The lowest BCUT2D eigenvalue weighted by molar-refractivity contribution is 0.0981. The van der Waals surface area contributed by atoms with Crippen LogP contribution in [0.5, 0.6) is 0 Å². The Hall–Kier alpha value is -3.54. The van der Waals surface area contributed by atoms with Crippen LogP contribution in [0.25, 0.3) is 0 Å². The van der Waals surface area contributed by atoms with Gasteiger partial charge in [0.25, 0.3) is 5.91 Å². The summed E-state index contributed by atoms with van der Waals surface area (Å²) in [5.74, 6) is 0.325. The second kappa shape index (κ2) is 8.23. The van der Waals surface area contributed by atoms with E-state index in [0.29, 0.717) is 23.6 Å². The molecule has 3 aromatic rings. The third kappa shape index (κ3) is 4.36. The summed E-state index contributed by atoms with van der Waals surface area (Å²) in [7, 11) is 0. The topological polar surface area (TPSA) is 75.2 Å². The summed E-state index contributed by atoms with van der Waals surface area (Å²) in [5.41, 5.74) is 2.53. The molecule has 2 aromatic carbocycles. The van der Waals surface area contributed by atoms with Gasteiger partial charge in [-0.05, 0) is 50.2 Å². The zero-order chi connectivity index (χ0) is 19.2. The molecule has 136 valence electrons. The first kappa shape index (κ1) is 18.3. The van der Waals surface area contributed by atoms with Crippen LogP contribution in [0.2, 0.25) is 0 Å². The van der Waals surface area contributed by atoms with Crippen molar-refractivity contribution in [1.82, 2.24) is 9.97 Å². The molecule has 1 aromatic heterocycles. The first-order valence-electron chi connectivity index (χ1n) is 8.65. The zero-order valence-electron chi connectivity index (χ0n) is 15.2. The molecular weight excluding hydrogens is 340 g/mol. The van der Waals surface area contributed by atoms with E-state index in [2.05, 4.69) is 15.3 Å². The van der Waals surface area contributed by atoms with Gasteiger partial charge in [-0.3, -0.25) is 9.59 Å². The van der Waals surface area contributed by atoms with Gasteiger partial charge in [-0.1, -0.05) is 18.2 Å². The molecule has 0 atom stereocenters. The number of amides is 1. The standard InChI is InChI=1S/C21H20N4O2/c1-3-25(18-7-5-4-6-8-18)21(27)19-13-20(23-14-22-19)24-17-11-9-16(10-12-17)15(2)26/h4-14H,3H2,1-2H3,(H,22,23,24). The van der Waals surface area contributed by atoms with Gasteiger partial charge in [-0.25, -0.2) is 9.97 Å². The van der Waals surface area contributed by atoms with E-state index in [1.807, 2.05) is 37.3 Å². The first-order chi connectivity index (χ1) is 13.1. The van der Waals surface area contributed by atoms with Crippen molar-refractivity contribution in [3.8, 4) is 0 Å². The molecule has 6 nitrogen and oxygen atoms in total. The summed E-state index contributed by atoms with van der Waals surface area (Å²) >= 11 is 0. The molecule has 0 saturated heterocycles. The highest BCUT2D eigenvalue weighted by Gasteiger charge is 2.18. The molecule has 3 rings (SSSR count). The van der Waals surface area contributed by atoms with Crippen LogP contribution in [0.4, 0.5) is 17.2 Å². The maximum absolute atomic E-state index is 12.9. The van der Waals surface area contributed by atoms with Crippen molar-refractivity contribution in [3.05, 3.63) is 78.2 Å². The van der Waals surface area contributed by atoms with Crippen molar-refractivity contribution in [1.29, 1.82) is 0 Å². The molecule has 27 heavy (non-hydrogen) atoms. The summed E-state index contributed by atoms with van der Waals surface area (Å²) in [6.45, 7) is 3.97. The number of Topliss-reactive ketones (excluding diaryl/α,β-unsaturated/α-hetero) is 1. The molecule has 0 spiro atoms. The Labute approximate surface area is 157 Å². The number of hydrogen-bond acceptors (Lipinski definition) is 5. The minimum atomic E-state index is -0.193. The Morgan fingerprint density at radius 1 is 1.00 bits per heavy atom. The number of benzene rings is 2. The van der Waals surface area contributed by atoms with Gasteiger partial charge in [0, 0.05) is 29.5 Å². The quantitative estimate of drug-likeness (QED) is 0.670. The molecule has 0 bridgehead atoms. The van der Waals surface area contributed by atoms with Gasteiger partial charge in [0.15, 0.2) is 5.78 Å². The van der Waals surface area contributed by atoms with E-state index < -0.39 is 0 Å². The average Bonchev–Trinajstić information content (AvgIpc) is 2.70. The van der Waals surface area contributed by atoms with Gasteiger partial charge in [0.1, 0.15) is 17.8 Å². The maximum atomic E-state index is 12.9. The highest BCUT2D eigenvalue weighted by molar-refractivity contribution is 6.05. The van der Waals surface area contributed by atoms with Crippen LogP contribution in [0.15, 0.2) is 67.0 Å². The molecule has 0 aliphatic rings. The summed E-state index contributed by atoms with van der Waals surface area (Å²) in [6.07, 6.45) is 1.36. The van der Waals surface area contributed by atoms with Gasteiger partial charge in [-0.15, -0.1) is 0 Å². The van der Waals surface area contributed by atoms with Crippen LogP contribution in [0, 0.1) is 0 Å². The molecule has 0 aliphatic heterocycles. The van der Waals surface area contributed by atoms with Crippen molar-refractivity contribution in [2.75, 3.05) is 16.8 Å². The molecule has 0 aliphatic carbocycles. The normalized spacial score (nSPS) is 10.3. The average molecular weight is 360 g/mol. The second-order valence-electron chi connectivity index (χ2n) is 5.93. The van der Waals surface area contributed by atoms with E-state index in [-0.39, 0.29) is 11.7 Å². The molecule has 0 fully saturated rings. The molecule has 0 saturated carbocycles. The van der Waals surface area contributed by atoms with Crippen LogP contribution in [-0.2, 0) is 0 Å². The van der Waals surface area contributed by atoms with Crippen LogP contribution in [0.1, 0.15) is 34.7 Å². The van der Waals surface area contributed by atoms with E-state index in [4.69, 9.17) is 0 Å². The number of nitrogens with zero attached hydrogens (tertiary/aromatic N) is 3. The largest absolute Gasteiger partial charge is 0.340 e. The molecule has 0 radical (unpaired) electrons. The first-order valence-corrected chi connectivity index (χ1v) is 8.65. The number of nitrogens with one attached hydrogen (secondary N) is 1. The van der Waals surface area contributed by atoms with Crippen LogP contribution < -0.4 is 10.2 Å². The summed E-state index contributed by atoms with van der Waals surface area (Å²) in [6, 6.07) is 18.2. The van der Waals surface area contributed by atoms with Crippen molar-refractivity contribution < 1.29 is 9.59 Å². The Morgan fingerprint density at radius 3 is 2.33 bits per heavy atom. The third-order valence-corrected chi connectivity index (χ3v) is 4.08. The predicted molar refractivity (Wildman–Crippen MR) is 106 cm³/mol. The van der Waals surface area contributed by atoms with Crippen molar-refractivity contribution in [2.45, 2.75) is 13.8 Å². The van der Waals surface area contributed by atoms with Gasteiger partial charge < -0.3 is 10.2 Å². The zero-order valence-corrected chi connectivity index (χ0v) is 15.2. The van der Waals surface area contributed by atoms with Gasteiger partial charge >= 0.3 is 0 Å². The monoisotopic (exact) mass is 360 g/mol. The van der Waals surface area contributed by atoms with Gasteiger partial charge in [0.05, 0.1) is 0 Å². The van der Waals surface area contributed by atoms with Crippen molar-refractivity contribution >= 4 is 28.9 Å². The number of ketones is 1. The fraction of sp³-hybridized carbons (Fsp3) is 0.143. The third-order valence-electron chi connectivity index (χ3n) is 4.08. The number of rotatable bonds is 6. The molecule has 1 N–H and O–H groups in total. The number of anilines is 3. The maximum Gasteiger partial charge on any atom is 0.277 e. The Bertz CT molecular complexity index is 940. The number of aromatic nitrogens is 2. The predicted octanol–water partition coefficient (Wildman–Crippen LogP) is 4.09. The van der Waals surface area contributed by atoms with Crippen LogP contribution in [-0.4, -0.2) is 28.2 Å². The summed E-state index contributed by atoms with van der Waals surface area (Å²) < 4.78 is 0. The fourth-order valence-electron chi connectivity index (χ4n) is 2.67. The van der Waals surface area contributed by atoms with E-state index in [1.165, 1.54) is 13.3 Å². The second-order valence-corrected chi connectivity index (χ2v) is 5.93. The van der Waals surface area contributed by atoms with E-state index >= 15 is 0 Å². The van der Waals surface area contributed by atoms with E-state index in [1.54, 1.807) is 35.2 Å². The number of para-hydroxylation sites is 1. The van der Waals surface area contributed by atoms with E-state index in [9.17, 15) is 9.59 Å². The number of hydrogen-bond donors (Lipinski definition) is 1. The van der Waals surface area contributed by atoms with Crippen molar-refractivity contribution in [3.63, 3.8) is 0 Å². The smallest absolute Gasteiger partial charge is 0.277 e. The lowest BCUT2D eigenvalue weighted by atomic mass is 10.1. The van der Waals surface area contributed by atoms with Gasteiger partial charge in [-0.2, -0.15) is 0 Å². The Kier molecular flexibility index (Phi) is 5.56. The minimum absolute atomic E-state index is 0.0111. The Balaban J connectivity index is 1.80.